The summed E-state index contributed by atoms with van der Waals surface area (Å²) in [6, 6.07) is 2.71. The molecule has 0 amide bonds. The third-order valence-electron chi connectivity index (χ3n) is 6.33. The lowest BCUT2D eigenvalue weighted by molar-refractivity contribution is 0.380. The summed E-state index contributed by atoms with van der Waals surface area (Å²) < 4.78 is 0. The summed E-state index contributed by atoms with van der Waals surface area (Å²) in [4.78, 5) is 22.9. The first-order chi connectivity index (χ1) is 12.2. The number of nitrogens with zero attached hydrogens (tertiary/aromatic N) is 6. The van der Waals surface area contributed by atoms with Crippen LogP contribution in [0.2, 0.25) is 0 Å². The fraction of sp³-hybridized carbons (Fsp3) is 0.556. The highest BCUT2D eigenvalue weighted by Gasteiger charge is 2.46. The molecule has 5 fully saturated rings. The lowest BCUT2D eigenvalue weighted by Crippen LogP contribution is -2.31. The van der Waals surface area contributed by atoms with Gasteiger partial charge in [-0.2, -0.15) is 4.98 Å². The number of rotatable bonds is 3. The van der Waals surface area contributed by atoms with E-state index in [1.807, 2.05) is 0 Å². The van der Waals surface area contributed by atoms with Crippen LogP contribution in [0.15, 0.2) is 18.5 Å². The van der Waals surface area contributed by atoms with Crippen molar-refractivity contribution in [1.29, 1.82) is 0 Å². The zero-order valence-corrected chi connectivity index (χ0v) is 14.0. The molecule has 7 heteroatoms. The minimum Gasteiger partial charge on any atom is -0.368 e. The van der Waals surface area contributed by atoms with Crippen molar-refractivity contribution in [3.05, 3.63) is 18.5 Å². The molecule has 2 aromatic heterocycles. The monoisotopic (exact) mass is 335 g/mol. The van der Waals surface area contributed by atoms with Gasteiger partial charge < -0.3 is 15.5 Å². The van der Waals surface area contributed by atoms with E-state index in [0.29, 0.717) is 12.0 Å². The van der Waals surface area contributed by atoms with Crippen molar-refractivity contribution < 1.29 is 0 Å². The van der Waals surface area contributed by atoms with Gasteiger partial charge in [-0.1, -0.05) is 0 Å². The summed E-state index contributed by atoms with van der Waals surface area (Å²) in [7, 11) is 0. The van der Waals surface area contributed by atoms with Crippen molar-refractivity contribution in [2.24, 2.45) is 17.8 Å². The predicted octanol–water partition coefficient (Wildman–Crippen LogP) is 1.57. The molecule has 128 valence electrons. The molecule has 0 spiro atoms. The van der Waals surface area contributed by atoms with Crippen molar-refractivity contribution in [1.82, 2.24) is 19.9 Å². The van der Waals surface area contributed by atoms with Crippen LogP contribution in [-0.2, 0) is 0 Å². The van der Waals surface area contributed by atoms with Gasteiger partial charge in [-0.3, -0.25) is 0 Å². The summed E-state index contributed by atoms with van der Waals surface area (Å²) in [5.41, 5.74) is 7.43. The molecular formula is C18H21N7. The molecule has 5 aliphatic rings. The normalized spacial score (nSPS) is 31.8. The third kappa shape index (κ3) is 2.18. The maximum absolute atomic E-state index is 5.64. The number of anilines is 3. The van der Waals surface area contributed by atoms with Crippen LogP contribution in [0.4, 0.5) is 17.7 Å². The Kier molecular flexibility index (Phi) is 2.65. The number of fused-ring (bicyclic) bond motifs is 2. The highest BCUT2D eigenvalue weighted by molar-refractivity contribution is 5.65. The molecule has 3 saturated heterocycles. The first-order valence-electron chi connectivity index (χ1n) is 9.21. The standard InChI is InChI=1S/C18H21N7/c19-17-20-5-13(6-21-17)15-4-16(24-8-11-3-12(11)9-24)23-18(22-15)25-7-10-1-14(25)2-10/h4-6,10-12,14H,1-3,7-9H2,(H2,19,20,21). The van der Waals surface area contributed by atoms with Crippen molar-refractivity contribution in [3.63, 3.8) is 0 Å². The molecule has 3 aliphatic heterocycles. The first kappa shape index (κ1) is 13.8. The smallest absolute Gasteiger partial charge is 0.228 e. The molecular weight excluding hydrogens is 314 g/mol. The van der Waals surface area contributed by atoms with Gasteiger partial charge in [-0.15, -0.1) is 0 Å². The molecule has 2 aliphatic carbocycles. The number of nitrogens with two attached hydrogens (primary N) is 1. The van der Waals surface area contributed by atoms with Gasteiger partial charge >= 0.3 is 0 Å². The fourth-order valence-electron chi connectivity index (χ4n) is 4.69. The van der Waals surface area contributed by atoms with E-state index < -0.39 is 0 Å². The second-order valence-electron chi connectivity index (χ2n) is 8.05. The van der Waals surface area contributed by atoms with Gasteiger partial charge in [-0.05, 0) is 37.0 Å². The Morgan fingerprint density at radius 2 is 1.72 bits per heavy atom. The minimum absolute atomic E-state index is 0.290. The lowest BCUT2D eigenvalue weighted by atomic mass is 9.86. The second-order valence-corrected chi connectivity index (χ2v) is 8.05. The fourth-order valence-corrected chi connectivity index (χ4v) is 4.69. The lowest BCUT2D eigenvalue weighted by Gasteiger charge is -2.27. The molecule has 2 bridgehead atoms. The summed E-state index contributed by atoms with van der Waals surface area (Å²) in [5.74, 6) is 4.80. The molecule has 2 unspecified atom stereocenters. The topological polar surface area (TPSA) is 84.1 Å². The molecule has 0 radical (unpaired) electrons. The van der Waals surface area contributed by atoms with Crippen LogP contribution in [0.3, 0.4) is 0 Å². The van der Waals surface area contributed by atoms with Crippen LogP contribution < -0.4 is 15.5 Å². The van der Waals surface area contributed by atoms with Crippen LogP contribution >= 0.6 is 0 Å². The zero-order valence-electron chi connectivity index (χ0n) is 14.0. The van der Waals surface area contributed by atoms with Gasteiger partial charge in [0.1, 0.15) is 5.82 Å². The van der Waals surface area contributed by atoms with E-state index in [0.717, 1.165) is 60.4 Å². The Morgan fingerprint density at radius 3 is 2.40 bits per heavy atom. The van der Waals surface area contributed by atoms with E-state index >= 15 is 0 Å². The largest absolute Gasteiger partial charge is 0.368 e. The highest BCUT2D eigenvalue weighted by Crippen LogP contribution is 2.47. The summed E-state index contributed by atoms with van der Waals surface area (Å²) in [6.45, 7) is 3.35. The maximum atomic E-state index is 5.64. The van der Waals surface area contributed by atoms with Gasteiger partial charge in [0.2, 0.25) is 11.9 Å². The van der Waals surface area contributed by atoms with Crippen LogP contribution in [-0.4, -0.2) is 45.6 Å². The number of aromatic nitrogens is 4. The Balaban J connectivity index is 1.41. The molecule has 7 rings (SSSR count). The van der Waals surface area contributed by atoms with E-state index in [1.165, 1.54) is 19.3 Å². The van der Waals surface area contributed by atoms with E-state index in [2.05, 4.69) is 25.8 Å². The molecule has 0 aromatic carbocycles. The Bertz CT molecular complexity index is 820. The van der Waals surface area contributed by atoms with Gasteiger partial charge in [0, 0.05) is 49.7 Å². The van der Waals surface area contributed by atoms with Gasteiger partial charge in [0.25, 0.3) is 0 Å². The quantitative estimate of drug-likeness (QED) is 0.911. The van der Waals surface area contributed by atoms with Crippen LogP contribution in [0, 0.1) is 17.8 Å². The van der Waals surface area contributed by atoms with Crippen molar-refractivity contribution in [2.45, 2.75) is 25.3 Å². The van der Waals surface area contributed by atoms with Gasteiger partial charge in [0.15, 0.2) is 0 Å². The third-order valence-corrected chi connectivity index (χ3v) is 6.33. The SMILES string of the molecule is Nc1ncc(-c2cc(N3CC4CC4C3)nc(N3CC4CC3C4)n2)cn1. The van der Waals surface area contributed by atoms with Crippen molar-refractivity contribution in [3.8, 4) is 11.3 Å². The molecule has 5 heterocycles. The predicted molar refractivity (Wildman–Crippen MR) is 95.1 cm³/mol. The molecule has 7 nitrogen and oxygen atoms in total. The minimum atomic E-state index is 0.290. The van der Waals surface area contributed by atoms with E-state index in [4.69, 9.17) is 15.7 Å². The van der Waals surface area contributed by atoms with Crippen LogP contribution in [0.1, 0.15) is 19.3 Å². The molecule has 25 heavy (non-hydrogen) atoms. The van der Waals surface area contributed by atoms with Crippen LogP contribution in [0.5, 0.6) is 0 Å². The number of hydrogen-bond acceptors (Lipinski definition) is 7. The highest BCUT2D eigenvalue weighted by atomic mass is 15.3. The van der Waals surface area contributed by atoms with E-state index in [-0.39, 0.29) is 0 Å². The zero-order chi connectivity index (χ0) is 16.5. The average molecular weight is 335 g/mol. The molecule has 2 atom stereocenters. The van der Waals surface area contributed by atoms with Crippen molar-refractivity contribution in [2.75, 3.05) is 35.2 Å². The Labute approximate surface area is 146 Å². The molecule has 2 aromatic rings. The number of nitrogen functional groups attached to an aromatic ring is 1. The molecule has 2 saturated carbocycles. The van der Waals surface area contributed by atoms with Crippen LogP contribution in [0.25, 0.3) is 11.3 Å². The van der Waals surface area contributed by atoms with E-state index in [9.17, 15) is 0 Å². The van der Waals surface area contributed by atoms with Gasteiger partial charge in [0.05, 0.1) is 5.69 Å². The van der Waals surface area contributed by atoms with E-state index in [1.54, 1.807) is 12.4 Å². The maximum Gasteiger partial charge on any atom is 0.228 e. The summed E-state index contributed by atoms with van der Waals surface area (Å²) in [6.07, 6.45) is 7.49. The number of hydrogen-bond donors (Lipinski definition) is 1. The first-order valence-corrected chi connectivity index (χ1v) is 9.21. The Hall–Kier alpha value is -2.44. The Morgan fingerprint density at radius 1 is 0.960 bits per heavy atom. The molecule has 2 N–H and O–H groups in total. The number of piperidine rings is 1. The average Bonchev–Trinajstić information content (AvgIpc) is 2.99. The summed E-state index contributed by atoms with van der Waals surface area (Å²) in [5, 5.41) is 0. The second kappa shape index (κ2) is 4.80. The van der Waals surface area contributed by atoms with Crippen molar-refractivity contribution >= 4 is 17.7 Å². The summed E-state index contributed by atoms with van der Waals surface area (Å²) >= 11 is 0. The van der Waals surface area contributed by atoms with Gasteiger partial charge in [-0.25, -0.2) is 15.0 Å².